The third kappa shape index (κ3) is 3.52. The SMILES string of the molecule is Nc1ccc(Cl)cc1N(C(=O)CC(=O)O)c1ccccc1. The normalized spacial score (nSPS) is 10.1. The van der Waals surface area contributed by atoms with E-state index in [0.29, 0.717) is 22.1 Å². The second-order valence-electron chi connectivity index (χ2n) is 4.34. The maximum Gasteiger partial charge on any atom is 0.312 e. The van der Waals surface area contributed by atoms with Crippen molar-refractivity contribution in [2.75, 3.05) is 10.6 Å². The van der Waals surface area contributed by atoms with Crippen LogP contribution in [0.1, 0.15) is 6.42 Å². The van der Waals surface area contributed by atoms with Crippen LogP contribution in [0.5, 0.6) is 0 Å². The van der Waals surface area contributed by atoms with Crippen molar-refractivity contribution in [2.45, 2.75) is 6.42 Å². The van der Waals surface area contributed by atoms with E-state index in [4.69, 9.17) is 22.4 Å². The van der Waals surface area contributed by atoms with E-state index in [1.54, 1.807) is 42.5 Å². The molecule has 0 aliphatic heterocycles. The maximum atomic E-state index is 12.3. The summed E-state index contributed by atoms with van der Waals surface area (Å²) in [6, 6.07) is 13.4. The molecule has 0 aromatic heterocycles. The summed E-state index contributed by atoms with van der Waals surface area (Å²) in [4.78, 5) is 24.3. The number of amides is 1. The number of benzene rings is 2. The van der Waals surface area contributed by atoms with E-state index in [1.165, 1.54) is 11.0 Å². The van der Waals surface area contributed by atoms with Gasteiger partial charge in [-0.15, -0.1) is 0 Å². The van der Waals surface area contributed by atoms with Crippen molar-refractivity contribution >= 4 is 40.5 Å². The first-order chi connectivity index (χ1) is 9.99. The van der Waals surface area contributed by atoms with Crippen molar-refractivity contribution in [1.82, 2.24) is 0 Å². The highest BCUT2D eigenvalue weighted by atomic mass is 35.5. The summed E-state index contributed by atoms with van der Waals surface area (Å²) < 4.78 is 0. The number of aliphatic carboxylic acids is 1. The van der Waals surface area contributed by atoms with Crippen molar-refractivity contribution in [3.63, 3.8) is 0 Å². The molecule has 2 aromatic rings. The smallest absolute Gasteiger partial charge is 0.312 e. The van der Waals surface area contributed by atoms with Crippen LogP contribution in [0, 0.1) is 0 Å². The highest BCUT2D eigenvalue weighted by molar-refractivity contribution is 6.31. The Morgan fingerprint density at radius 2 is 1.81 bits per heavy atom. The van der Waals surface area contributed by atoms with Crippen LogP contribution >= 0.6 is 11.6 Å². The molecule has 108 valence electrons. The molecular formula is C15H13ClN2O3. The van der Waals surface area contributed by atoms with Gasteiger partial charge in [-0.25, -0.2) is 0 Å². The largest absolute Gasteiger partial charge is 0.481 e. The maximum absolute atomic E-state index is 12.3. The van der Waals surface area contributed by atoms with Gasteiger partial charge in [0.05, 0.1) is 11.4 Å². The van der Waals surface area contributed by atoms with E-state index in [2.05, 4.69) is 0 Å². The van der Waals surface area contributed by atoms with Crippen LogP contribution in [0.3, 0.4) is 0 Å². The lowest BCUT2D eigenvalue weighted by atomic mass is 10.2. The number of nitrogen functional groups attached to an aromatic ring is 1. The van der Waals surface area contributed by atoms with E-state index in [0.717, 1.165) is 0 Å². The molecule has 1 amide bonds. The molecule has 21 heavy (non-hydrogen) atoms. The summed E-state index contributed by atoms with van der Waals surface area (Å²) in [6.07, 6.45) is -0.638. The predicted molar refractivity (Wildman–Crippen MR) is 81.7 cm³/mol. The number of nitrogens with zero attached hydrogens (tertiary/aromatic N) is 1. The molecule has 0 fully saturated rings. The number of halogens is 1. The molecule has 0 aliphatic carbocycles. The van der Waals surface area contributed by atoms with Gasteiger partial charge in [-0.2, -0.15) is 0 Å². The fourth-order valence-electron chi connectivity index (χ4n) is 1.91. The van der Waals surface area contributed by atoms with Crippen LogP contribution in [0.2, 0.25) is 5.02 Å². The molecule has 0 aliphatic rings. The topological polar surface area (TPSA) is 83.6 Å². The minimum Gasteiger partial charge on any atom is -0.481 e. The summed E-state index contributed by atoms with van der Waals surface area (Å²) in [7, 11) is 0. The van der Waals surface area contributed by atoms with Crippen LogP contribution in [0.25, 0.3) is 0 Å². The second kappa shape index (κ2) is 6.28. The Balaban J connectivity index is 2.53. The average molecular weight is 305 g/mol. The molecule has 2 aromatic carbocycles. The molecule has 0 spiro atoms. The molecule has 6 heteroatoms. The van der Waals surface area contributed by atoms with Crippen LogP contribution in [0.4, 0.5) is 17.1 Å². The fraction of sp³-hybridized carbons (Fsp3) is 0.0667. The highest BCUT2D eigenvalue weighted by Gasteiger charge is 2.22. The van der Waals surface area contributed by atoms with Crippen molar-refractivity contribution in [1.29, 1.82) is 0 Å². The summed E-state index contributed by atoms with van der Waals surface area (Å²) in [5.74, 6) is -1.80. The van der Waals surface area contributed by atoms with Gasteiger partial charge in [-0.1, -0.05) is 29.8 Å². The molecule has 5 nitrogen and oxygen atoms in total. The quantitative estimate of drug-likeness (QED) is 0.671. The Bertz CT molecular complexity index is 674. The molecule has 0 heterocycles. The van der Waals surface area contributed by atoms with Gasteiger partial charge in [0.1, 0.15) is 6.42 Å². The Labute approximate surface area is 126 Å². The fourth-order valence-corrected chi connectivity index (χ4v) is 2.08. The van der Waals surface area contributed by atoms with Gasteiger partial charge in [0.2, 0.25) is 5.91 Å². The Kier molecular flexibility index (Phi) is 4.45. The van der Waals surface area contributed by atoms with E-state index in [-0.39, 0.29) is 0 Å². The third-order valence-corrected chi connectivity index (χ3v) is 3.03. The van der Waals surface area contributed by atoms with Gasteiger partial charge in [0.25, 0.3) is 0 Å². The van der Waals surface area contributed by atoms with E-state index in [9.17, 15) is 9.59 Å². The lowest BCUT2D eigenvalue weighted by molar-refractivity contribution is -0.139. The Hall–Kier alpha value is -2.53. The zero-order valence-corrected chi connectivity index (χ0v) is 11.7. The third-order valence-electron chi connectivity index (χ3n) is 2.80. The van der Waals surface area contributed by atoms with Gasteiger partial charge < -0.3 is 10.8 Å². The Morgan fingerprint density at radius 3 is 2.43 bits per heavy atom. The molecular weight excluding hydrogens is 292 g/mol. The van der Waals surface area contributed by atoms with Gasteiger partial charge in [-0.3, -0.25) is 14.5 Å². The zero-order valence-electron chi connectivity index (χ0n) is 11.0. The molecule has 0 saturated carbocycles. The van der Waals surface area contributed by atoms with Crippen LogP contribution in [-0.4, -0.2) is 17.0 Å². The van der Waals surface area contributed by atoms with E-state index >= 15 is 0 Å². The van der Waals surface area contributed by atoms with Crippen LogP contribution in [0.15, 0.2) is 48.5 Å². The van der Waals surface area contributed by atoms with Crippen molar-refractivity contribution in [2.24, 2.45) is 0 Å². The first kappa shape index (κ1) is 14.9. The number of carboxylic acid groups (broad SMARTS) is 1. The number of anilines is 3. The molecule has 0 saturated heterocycles. The predicted octanol–water partition coefficient (Wildman–Crippen LogP) is 3.06. The molecule has 0 unspecified atom stereocenters. The number of para-hydroxylation sites is 1. The first-order valence-electron chi connectivity index (χ1n) is 6.14. The monoisotopic (exact) mass is 304 g/mol. The van der Waals surface area contributed by atoms with E-state index < -0.39 is 18.3 Å². The molecule has 0 atom stereocenters. The standard InChI is InChI=1S/C15H13ClN2O3/c16-10-6-7-12(17)13(8-10)18(14(19)9-15(20)21)11-4-2-1-3-5-11/h1-8H,9,17H2,(H,20,21). The number of hydrogen-bond acceptors (Lipinski definition) is 3. The van der Waals surface area contributed by atoms with E-state index in [1.807, 2.05) is 0 Å². The molecule has 3 N–H and O–H groups in total. The molecule has 0 radical (unpaired) electrons. The minimum absolute atomic E-state index is 0.335. The number of carbonyl (C=O) groups excluding carboxylic acids is 1. The van der Waals surface area contributed by atoms with Crippen molar-refractivity contribution in [3.05, 3.63) is 53.6 Å². The number of carbonyl (C=O) groups is 2. The highest BCUT2D eigenvalue weighted by Crippen LogP contribution is 2.33. The lowest BCUT2D eigenvalue weighted by Crippen LogP contribution is -2.28. The zero-order chi connectivity index (χ0) is 15.4. The van der Waals surface area contributed by atoms with Gasteiger partial charge in [0.15, 0.2) is 0 Å². The lowest BCUT2D eigenvalue weighted by Gasteiger charge is -2.24. The Morgan fingerprint density at radius 1 is 1.14 bits per heavy atom. The van der Waals surface area contributed by atoms with Gasteiger partial charge in [0, 0.05) is 10.7 Å². The first-order valence-corrected chi connectivity index (χ1v) is 6.51. The van der Waals surface area contributed by atoms with Crippen molar-refractivity contribution < 1.29 is 14.7 Å². The average Bonchev–Trinajstić information content (AvgIpc) is 2.43. The van der Waals surface area contributed by atoms with Crippen LogP contribution < -0.4 is 10.6 Å². The minimum atomic E-state index is -1.21. The summed E-state index contributed by atoms with van der Waals surface area (Å²) in [5, 5.41) is 9.25. The molecule has 0 bridgehead atoms. The van der Waals surface area contributed by atoms with Gasteiger partial charge >= 0.3 is 5.97 Å². The van der Waals surface area contributed by atoms with Crippen molar-refractivity contribution in [3.8, 4) is 0 Å². The second-order valence-corrected chi connectivity index (χ2v) is 4.77. The molecule has 2 rings (SSSR count). The number of nitrogens with two attached hydrogens (primary N) is 1. The number of hydrogen-bond donors (Lipinski definition) is 2. The summed E-state index contributed by atoms with van der Waals surface area (Å²) >= 11 is 5.95. The summed E-state index contributed by atoms with van der Waals surface area (Å²) in [6.45, 7) is 0. The number of rotatable bonds is 4. The van der Waals surface area contributed by atoms with Crippen LogP contribution in [-0.2, 0) is 9.59 Å². The van der Waals surface area contributed by atoms with Gasteiger partial charge in [-0.05, 0) is 30.3 Å². The summed E-state index contributed by atoms with van der Waals surface area (Å²) in [5.41, 5.74) is 7.12. The number of carboxylic acids is 1.